The molecule has 0 radical (unpaired) electrons. The van der Waals surface area contributed by atoms with Gasteiger partial charge in [-0.05, 0) is 0 Å². The molecule has 0 aliphatic heterocycles. The molecule has 0 saturated heterocycles. The van der Waals surface area contributed by atoms with E-state index < -0.39 is 0 Å². The van der Waals surface area contributed by atoms with Gasteiger partial charge in [0, 0.05) is 0 Å². The van der Waals surface area contributed by atoms with Gasteiger partial charge in [-0.25, -0.2) is 11.1 Å². The van der Waals surface area contributed by atoms with Crippen molar-refractivity contribution in [2.45, 2.75) is 0 Å². The number of nitrogens with two attached hydrogens (primary N) is 4. The molecule has 5 heteroatoms. The van der Waals surface area contributed by atoms with Crippen LogP contribution in [0.3, 0.4) is 0 Å². The summed E-state index contributed by atoms with van der Waals surface area (Å²) >= 11 is 0. The highest BCUT2D eigenvalue weighted by atomic mass is 15.1. The predicted molar refractivity (Wildman–Crippen MR) is 25.5 cm³/mol. The van der Waals surface area contributed by atoms with Crippen molar-refractivity contribution in [3.8, 4) is 0 Å². The summed E-state index contributed by atoms with van der Waals surface area (Å²) in [4.78, 5) is 2.25. The van der Waals surface area contributed by atoms with Crippen LogP contribution in [0, 0.1) is 0 Å². The first-order valence-corrected chi connectivity index (χ1v) is 1.65. The van der Waals surface area contributed by atoms with Crippen LogP contribution in [-0.2, 0) is 0 Å². The molecule has 0 amide bonds. The SMILES string of the molecule is NC(=[NH2+])[NH+]=C(N)N. The molecule has 0 spiro atoms. The molecule has 0 fully saturated rings. The summed E-state index contributed by atoms with van der Waals surface area (Å²) in [7, 11) is 0. The van der Waals surface area contributed by atoms with Gasteiger partial charge in [-0.1, -0.05) is 0 Å². The second-order valence-corrected chi connectivity index (χ2v) is 1.04. The molecule has 0 bridgehead atoms. The molecular weight excluding hydrogens is 94.1 g/mol. The van der Waals surface area contributed by atoms with Gasteiger partial charge >= 0.3 is 5.96 Å². The van der Waals surface area contributed by atoms with Gasteiger partial charge in [0.15, 0.2) is 0 Å². The lowest BCUT2D eigenvalue weighted by Crippen LogP contribution is -2.90. The van der Waals surface area contributed by atoms with E-state index >= 15 is 0 Å². The highest BCUT2D eigenvalue weighted by Gasteiger charge is 1.93. The summed E-state index contributed by atoms with van der Waals surface area (Å²) in [6.45, 7) is 0. The third kappa shape index (κ3) is 4.74. The summed E-state index contributed by atoms with van der Waals surface area (Å²) in [5.74, 6) is 0.000000000000000666. The molecule has 40 valence electrons. The van der Waals surface area contributed by atoms with Crippen LogP contribution in [0.1, 0.15) is 0 Å². The minimum atomic E-state index is 0.000000000000000222. The van der Waals surface area contributed by atoms with Gasteiger partial charge in [-0.2, -0.15) is 0 Å². The van der Waals surface area contributed by atoms with Gasteiger partial charge < -0.3 is 11.5 Å². The molecule has 9 N–H and O–H groups in total. The van der Waals surface area contributed by atoms with Crippen molar-refractivity contribution >= 4 is 11.9 Å². The predicted octanol–water partition coefficient (Wildman–Crippen LogP) is -5.59. The van der Waals surface area contributed by atoms with Crippen molar-refractivity contribution in [2.75, 3.05) is 0 Å². The van der Waals surface area contributed by atoms with E-state index in [-0.39, 0.29) is 11.9 Å². The number of rotatable bonds is 0. The van der Waals surface area contributed by atoms with E-state index in [2.05, 4.69) is 4.99 Å². The second-order valence-electron chi connectivity index (χ2n) is 1.04. The van der Waals surface area contributed by atoms with Gasteiger partial charge in [0.25, 0.3) is 5.96 Å². The lowest BCUT2D eigenvalue weighted by molar-refractivity contribution is -0.378. The minimum absolute atomic E-state index is 0.000000000000000222. The summed E-state index contributed by atoms with van der Waals surface area (Å²) in [6, 6.07) is 0. The zero-order valence-electron chi connectivity index (χ0n) is 3.81. The van der Waals surface area contributed by atoms with Crippen molar-refractivity contribution < 1.29 is 10.4 Å². The molecule has 5 nitrogen and oxygen atoms in total. The second kappa shape index (κ2) is 2.01. The number of hydrogen-bond donors (Lipinski definition) is 5. The van der Waals surface area contributed by atoms with E-state index in [1.807, 2.05) is 0 Å². The topological polar surface area (TPSA) is 118 Å². The maximum absolute atomic E-state index is 4.90. The maximum atomic E-state index is 4.90. The van der Waals surface area contributed by atoms with Gasteiger partial charge in [0.1, 0.15) is 0 Å². The molecule has 0 heterocycles. The van der Waals surface area contributed by atoms with Gasteiger partial charge in [-0.15, -0.1) is 4.99 Å². The van der Waals surface area contributed by atoms with Gasteiger partial charge in [-0.3, -0.25) is 0 Å². The first kappa shape index (κ1) is 5.74. The summed E-state index contributed by atoms with van der Waals surface area (Å²) in [5.41, 5.74) is 14.7. The number of guanidine groups is 2. The van der Waals surface area contributed by atoms with Crippen LogP contribution in [0.4, 0.5) is 0 Å². The Morgan fingerprint density at radius 3 is 1.71 bits per heavy atom. The first-order chi connectivity index (χ1) is 3.13. The third-order valence-corrected chi connectivity index (χ3v) is 0.289. The van der Waals surface area contributed by atoms with E-state index in [4.69, 9.17) is 22.6 Å². The summed E-state index contributed by atoms with van der Waals surface area (Å²) < 4.78 is 0. The van der Waals surface area contributed by atoms with Crippen molar-refractivity contribution in [3.05, 3.63) is 0 Å². The van der Waals surface area contributed by atoms with Crippen LogP contribution < -0.4 is 27.6 Å². The Bertz CT molecular complexity index is 98.6. The lowest BCUT2D eigenvalue weighted by Gasteiger charge is -1.74. The Morgan fingerprint density at radius 1 is 1.29 bits per heavy atom. The van der Waals surface area contributed by atoms with E-state index in [1.54, 1.807) is 0 Å². The first-order valence-electron chi connectivity index (χ1n) is 1.65. The molecule has 0 saturated carbocycles. The molecule has 0 aromatic rings. The summed E-state index contributed by atoms with van der Waals surface area (Å²) in [5, 5.41) is 4.90. The molecule has 0 aliphatic rings. The number of hydrogen-bond acceptors (Lipinski definition) is 0. The Labute approximate surface area is 40.7 Å². The Balaban J connectivity index is 3.68. The van der Waals surface area contributed by atoms with E-state index in [9.17, 15) is 0 Å². The normalized spacial score (nSPS) is 7.43. The molecule has 0 aromatic carbocycles. The quantitative estimate of drug-likeness (QED) is 0.155. The smallest absolute Gasteiger partial charge is 0.345 e. The van der Waals surface area contributed by atoms with Crippen molar-refractivity contribution in [1.29, 1.82) is 0 Å². The fourth-order valence-electron chi connectivity index (χ4n) is 0.167. The van der Waals surface area contributed by atoms with E-state index in [1.165, 1.54) is 0 Å². The minimum Gasteiger partial charge on any atom is -0.345 e. The van der Waals surface area contributed by atoms with Crippen molar-refractivity contribution in [1.82, 2.24) is 0 Å². The molecule has 0 aliphatic carbocycles. The molecule has 7 heavy (non-hydrogen) atoms. The monoisotopic (exact) mass is 103 g/mol. The van der Waals surface area contributed by atoms with Crippen molar-refractivity contribution in [3.63, 3.8) is 0 Å². The molecule has 0 atom stereocenters. The van der Waals surface area contributed by atoms with Crippen LogP contribution in [0.5, 0.6) is 0 Å². The van der Waals surface area contributed by atoms with E-state index in [0.717, 1.165) is 0 Å². The molecule has 0 aromatic heterocycles. The third-order valence-electron chi connectivity index (χ3n) is 0.289. The molecule has 0 unspecified atom stereocenters. The van der Waals surface area contributed by atoms with Crippen LogP contribution >= 0.6 is 0 Å². The zero-order valence-corrected chi connectivity index (χ0v) is 3.81. The molecule has 0 rings (SSSR count). The van der Waals surface area contributed by atoms with Crippen LogP contribution in [-0.4, -0.2) is 11.9 Å². The number of nitrogens with one attached hydrogen (secondary N) is 1. The lowest BCUT2D eigenvalue weighted by atomic mass is 11.0. The van der Waals surface area contributed by atoms with Crippen LogP contribution in [0.25, 0.3) is 0 Å². The van der Waals surface area contributed by atoms with Crippen molar-refractivity contribution in [2.24, 2.45) is 17.2 Å². The average Bonchev–Trinajstić information content (AvgIpc) is 1.27. The van der Waals surface area contributed by atoms with Crippen LogP contribution in [0.15, 0.2) is 0 Å². The maximum Gasteiger partial charge on any atom is 0.515 e. The van der Waals surface area contributed by atoms with Crippen LogP contribution in [0.2, 0.25) is 0 Å². The van der Waals surface area contributed by atoms with E-state index in [0.29, 0.717) is 0 Å². The largest absolute Gasteiger partial charge is 0.515 e. The molecular formula is C2H9N5+2. The van der Waals surface area contributed by atoms with Gasteiger partial charge in [0.2, 0.25) is 0 Å². The zero-order chi connectivity index (χ0) is 5.86. The van der Waals surface area contributed by atoms with Gasteiger partial charge in [0.05, 0.1) is 0 Å². The average molecular weight is 103 g/mol. The fourth-order valence-corrected chi connectivity index (χ4v) is 0.167. The highest BCUT2D eigenvalue weighted by molar-refractivity contribution is 5.75. The Hall–Kier alpha value is -1.26. The highest BCUT2D eigenvalue weighted by Crippen LogP contribution is 1.04. The fraction of sp³-hybridized carbons (Fsp3) is 0. The summed E-state index contributed by atoms with van der Waals surface area (Å²) in [6.07, 6.45) is 0. The Kier molecular flexibility index (Phi) is 1.65. The Morgan fingerprint density at radius 2 is 1.71 bits per heavy atom. The standard InChI is InChI=1S/C2H7N5/c3-1(4)7-2(5)6/h(H7,3,4,5,6,7)/p+2.